The fourth-order valence-electron chi connectivity index (χ4n) is 3.29. The van der Waals surface area contributed by atoms with Crippen LogP contribution in [-0.4, -0.2) is 0 Å². The second-order valence-corrected chi connectivity index (χ2v) is 6.18. The highest BCUT2D eigenvalue weighted by Crippen LogP contribution is 2.42. The highest BCUT2D eigenvalue weighted by molar-refractivity contribution is 5.42. The average molecular weight is 231 g/mol. The van der Waals surface area contributed by atoms with Crippen LogP contribution in [0.25, 0.3) is 0 Å². The first kappa shape index (κ1) is 12.5. The van der Waals surface area contributed by atoms with Crippen LogP contribution < -0.4 is 5.73 Å². The number of hydrogen-bond donors (Lipinski definition) is 1. The van der Waals surface area contributed by atoms with E-state index in [0.29, 0.717) is 0 Å². The van der Waals surface area contributed by atoms with Crippen molar-refractivity contribution >= 4 is 5.69 Å². The smallest absolute Gasteiger partial charge is 0.0316 e. The molecule has 0 aromatic heterocycles. The molecule has 1 saturated carbocycles. The van der Waals surface area contributed by atoms with E-state index in [1.807, 2.05) is 6.07 Å². The summed E-state index contributed by atoms with van der Waals surface area (Å²) in [6.45, 7) is 7.12. The van der Waals surface area contributed by atoms with Gasteiger partial charge >= 0.3 is 0 Å². The molecule has 1 unspecified atom stereocenters. The normalized spacial score (nSPS) is 29.5. The molecule has 1 aromatic rings. The first-order valence-electron chi connectivity index (χ1n) is 6.91. The standard InChI is InChI=1S/C16H25N/c1-11(2)14-7-12(3)8-15(9-14)13-5-4-6-16(17)10-13/h4-6,10-12,14-15H,7-9,17H2,1-3H3/t12-,14-,15?/m1/s1. The van der Waals surface area contributed by atoms with Gasteiger partial charge in [0.15, 0.2) is 0 Å². The molecule has 0 amide bonds. The van der Waals surface area contributed by atoms with Crippen LogP contribution in [0.15, 0.2) is 24.3 Å². The van der Waals surface area contributed by atoms with Gasteiger partial charge in [-0.2, -0.15) is 0 Å². The predicted molar refractivity (Wildman–Crippen MR) is 74.9 cm³/mol. The lowest BCUT2D eigenvalue weighted by atomic mass is 9.70. The minimum Gasteiger partial charge on any atom is -0.399 e. The Morgan fingerprint density at radius 2 is 1.94 bits per heavy atom. The van der Waals surface area contributed by atoms with Crippen molar-refractivity contribution in [2.45, 2.75) is 46.0 Å². The highest BCUT2D eigenvalue weighted by Gasteiger charge is 2.29. The molecule has 0 heterocycles. The van der Waals surface area contributed by atoms with Gasteiger partial charge in [0.1, 0.15) is 0 Å². The van der Waals surface area contributed by atoms with Crippen LogP contribution >= 0.6 is 0 Å². The van der Waals surface area contributed by atoms with E-state index < -0.39 is 0 Å². The van der Waals surface area contributed by atoms with E-state index >= 15 is 0 Å². The first-order chi connectivity index (χ1) is 8.06. The van der Waals surface area contributed by atoms with Crippen LogP contribution in [-0.2, 0) is 0 Å². The largest absolute Gasteiger partial charge is 0.399 e. The molecule has 1 aromatic carbocycles. The number of benzene rings is 1. The molecule has 0 aliphatic heterocycles. The number of nitrogens with two attached hydrogens (primary N) is 1. The third-order valence-electron chi connectivity index (χ3n) is 4.30. The minimum atomic E-state index is 0.717. The lowest BCUT2D eigenvalue weighted by molar-refractivity contribution is 0.203. The van der Waals surface area contributed by atoms with Gasteiger partial charge in [0.2, 0.25) is 0 Å². The monoisotopic (exact) mass is 231 g/mol. The van der Waals surface area contributed by atoms with Gasteiger partial charge in [-0.05, 0) is 60.6 Å². The van der Waals surface area contributed by atoms with Crippen LogP contribution in [0.4, 0.5) is 5.69 Å². The summed E-state index contributed by atoms with van der Waals surface area (Å²) in [5.41, 5.74) is 8.25. The zero-order chi connectivity index (χ0) is 12.4. The van der Waals surface area contributed by atoms with E-state index in [4.69, 9.17) is 5.73 Å². The molecule has 2 N–H and O–H groups in total. The van der Waals surface area contributed by atoms with E-state index in [1.165, 1.54) is 24.8 Å². The number of anilines is 1. The van der Waals surface area contributed by atoms with Crippen LogP contribution in [0.1, 0.15) is 51.5 Å². The van der Waals surface area contributed by atoms with Gasteiger partial charge in [-0.3, -0.25) is 0 Å². The topological polar surface area (TPSA) is 26.0 Å². The lowest BCUT2D eigenvalue weighted by Gasteiger charge is -2.36. The van der Waals surface area contributed by atoms with E-state index in [2.05, 4.69) is 39.0 Å². The molecule has 17 heavy (non-hydrogen) atoms. The van der Waals surface area contributed by atoms with Crippen molar-refractivity contribution in [2.24, 2.45) is 17.8 Å². The van der Waals surface area contributed by atoms with Crippen molar-refractivity contribution < 1.29 is 0 Å². The van der Waals surface area contributed by atoms with Gasteiger partial charge in [0.25, 0.3) is 0 Å². The molecule has 1 fully saturated rings. The van der Waals surface area contributed by atoms with Crippen LogP contribution in [0.3, 0.4) is 0 Å². The Bertz CT molecular complexity index is 370. The summed E-state index contributed by atoms with van der Waals surface area (Å²) in [6.07, 6.45) is 4.06. The Labute approximate surface area is 105 Å². The third-order valence-corrected chi connectivity index (χ3v) is 4.30. The molecule has 0 spiro atoms. The maximum absolute atomic E-state index is 5.89. The minimum absolute atomic E-state index is 0.717. The first-order valence-corrected chi connectivity index (χ1v) is 6.91. The SMILES string of the molecule is CC(C)[C@H]1CC(c2cccc(N)c2)C[C@H](C)C1. The Morgan fingerprint density at radius 3 is 2.59 bits per heavy atom. The van der Waals surface area contributed by atoms with Gasteiger partial charge in [0, 0.05) is 5.69 Å². The van der Waals surface area contributed by atoms with Crippen molar-refractivity contribution in [2.75, 3.05) is 5.73 Å². The molecule has 3 atom stereocenters. The summed E-state index contributed by atoms with van der Waals surface area (Å²) in [5, 5.41) is 0. The molecule has 1 nitrogen and oxygen atoms in total. The summed E-state index contributed by atoms with van der Waals surface area (Å²) in [7, 11) is 0. The fourth-order valence-corrected chi connectivity index (χ4v) is 3.29. The molecule has 0 saturated heterocycles. The second-order valence-electron chi connectivity index (χ2n) is 6.18. The number of nitrogen functional groups attached to an aromatic ring is 1. The third kappa shape index (κ3) is 3.02. The highest BCUT2D eigenvalue weighted by atomic mass is 14.5. The van der Waals surface area contributed by atoms with Crippen LogP contribution in [0.2, 0.25) is 0 Å². The maximum Gasteiger partial charge on any atom is 0.0316 e. The van der Waals surface area contributed by atoms with Crippen molar-refractivity contribution in [3.05, 3.63) is 29.8 Å². The molecule has 2 rings (SSSR count). The van der Waals surface area contributed by atoms with E-state index in [1.54, 1.807) is 0 Å². The Balaban J connectivity index is 2.15. The fraction of sp³-hybridized carbons (Fsp3) is 0.625. The maximum atomic E-state index is 5.89. The Kier molecular flexibility index (Phi) is 3.76. The quantitative estimate of drug-likeness (QED) is 0.748. The van der Waals surface area contributed by atoms with Crippen LogP contribution in [0.5, 0.6) is 0 Å². The van der Waals surface area contributed by atoms with Crippen molar-refractivity contribution in [3.63, 3.8) is 0 Å². The van der Waals surface area contributed by atoms with Gasteiger partial charge in [-0.1, -0.05) is 32.9 Å². The van der Waals surface area contributed by atoms with E-state index in [0.717, 1.165) is 29.4 Å². The summed E-state index contributed by atoms with van der Waals surface area (Å²) >= 11 is 0. The summed E-state index contributed by atoms with van der Waals surface area (Å²) in [4.78, 5) is 0. The number of rotatable bonds is 2. The molecule has 1 aliphatic rings. The number of hydrogen-bond acceptors (Lipinski definition) is 1. The van der Waals surface area contributed by atoms with Crippen molar-refractivity contribution in [3.8, 4) is 0 Å². The van der Waals surface area contributed by atoms with Crippen LogP contribution in [0, 0.1) is 17.8 Å². The van der Waals surface area contributed by atoms with Crippen molar-refractivity contribution in [1.82, 2.24) is 0 Å². The second kappa shape index (κ2) is 5.12. The predicted octanol–water partition coefficient (Wildman–Crippen LogP) is 4.44. The van der Waals surface area contributed by atoms with Gasteiger partial charge < -0.3 is 5.73 Å². The molecular weight excluding hydrogens is 206 g/mol. The molecular formula is C16H25N. The van der Waals surface area contributed by atoms with E-state index in [9.17, 15) is 0 Å². The molecule has 1 aliphatic carbocycles. The molecule has 94 valence electrons. The Hall–Kier alpha value is -0.980. The zero-order valence-electron chi connectivity index (χ0n) is 11.3. The Morgan fingerprint density at radius 1 is 1.18 bits per heavy atom. The van der Waals surface area contributed by atoms with Gasteiger partial charge in [0.05, 0.1) is 0 Å². The van der Waals surface area contributed by atoms with E-state index in [-0.39, 0.29) is 0 Å². The lowest BCUT2D eigenvalue weighted by Crippen LogP contribution is -2.23. The molecule has 0 radical (unpaired) electrons. The molecule has 1 heteroatoms. The molecule has 0 bridgehead atoms. The summed E-state index contributed by atoms with van der Waals surface area (Å²) in [5.74, 6) is 3.25. The summed E-state index contributed by atoms with van der Waals surface area (Å²) < 4.78 is 0. The summed E-state index contributed by atoms with van der Waals surface area (Å²) in [6, 6.07) is 8.49. The zero-order valence-corrected chi connectivity index (χ0v) is 11.3. The average Bonchev–Trinajstić information content (AvgIpc) is 2.28. The van der Waals surface area contributed by atoms with Gasteiger partial charge in [-0.15, -0.1) is 0 Å². The van der Waals surface area contributed by atoms with Crippen molar-refractivity contribution in [1.29, 1.82) is 0 Å². The van der Waals surface area contributed by atoms with Gasteiger partial charge in [-0.25, -0.2) is 0 Å².